The molecule has 3 aliphatic rings. The van der Waals surface area contributed by atoms with Crippen LogP contribution in [-0.2, 0) is 14.3 Å². The zero-order valence-corrected chi connectivity index (χ0v) is 15.2. The minimum atomic E-state index is -0.327. The molecule has 2 atom stereocenters. The Morgan fingerprint density at radius 2 is 1.96 bits per heavy atom. The van der Waals surface area contributed by atoms with E-state index >= 15 is 0 Å². The number of anilines is 1. The van der Waals surface area contributed by atoms with E-state index in [0.29, 0.717) is 6.04 Å². The number of nitrogens with zero attached hydrogens (tertiary/aromatic N) is 1. The average Bonchev–Trinajstić information content (AvgIpc) is 3.25. The maximum absolute atomic E-state index is 11.4. The molecule has 25 heavy (non-hydrogen) atoms. The number of hydrogen-bond donors (Lipinski definition) is 1. The molecule has 5 nitrogen and oxygen atoms in total. The van der Waals surface area contributed by atoms with Crippen LogP contribution in [0.15, 0.2) is 30.3 Å². The van der Waals surface area contributed by atoms with E-state index in [4.69, 9.17) is 9.47 Å². The van der Waals surface area contributed by atoms with Crippen LogP contribution in [-0.4, -0.2) is 49.5 Å². The van der Waals surface area contributed by atoms with Crippen LogP contribution < -0.4 is 10.2 Å². The highest BCUT2D eigenvalue weighted by atomic mass is 16.6. The molecule has 0 amide bonds. The van der Waals surface area contributed by atoms with Crippen molar-refractivity contribution < 1.29 is 14.3 Å². The number of para-hydroxylation sites is 1. The highest BCUT2D eigenvalue weighted by Crippen LogP contribution is 2.52. The molecule has 0 radical (unpaired) electrons. The van der Waals surface area contributed by atoms with E-state index in [1.165, 1.54) is 12.6 Å². The number of ether oxygens (including phenoxy) is 2. The number of carbonyl (C=O) groups is 1. The molecule has 2 spiro atoms. The first-order chi connectivity index (χ1) is 12.0. The molecule has 1 saturated heterocycles. The van der Waals surface area contributed by atoms with Crippen molar-refractivity contribution in [2.24, 2.45) is 0 Å². The first-order valence-electron chi connectivity index (χ1n) is 9.39. The van der Waals surface area contributed by atoms with E-state index in [-0.39, 0.29) is 23.3 Å². The highest BCUT2D eigenvalue weighted by Gasteiger charge is 2.65. The molecule has 0 bridgehead atoms. The van der Waals surface area contributed by atoms with Crippen LogP contribution in [0.4, 0.5) is 5.69 Å². The number of hydrogen-bond acceptors (Lipinski definition) is 5. The molecule has 136 valence electrons. The first-order valence-corrected chi connectivity index (χ1v) is 9.39. The second-order valence-electron chi connectivity index (χ2n) is 7.91. The Bertz CT molecular complexity index is 627. The molecular weight excluding hydrogens is 316 g/mol. The fraction of sp³-hybridized carbons (Fsp3) is 0.650. The molecule has 1 aromatic rings. The van der Waals surface area contributed by atoms with Gasteiger partial charge in [0.25, 0.3) is 0 Å². The molecule has 1 N–H and O–H groups in total. The lowest BCUT2D eigenvalue weighted by atomic mass is 9.80. The molecule has 2 saturated carbocycles. The molecule has 1 aliphatic heterocycles. The van der Waals surface area contributed by atoms with Gasteiger partial charge < -0.3 is 19.7 Å². The number of carbonyl (C=O) groups excluding carboxylic acids is 1. The van der Waals surface area contributed by atoms with E-state index < -0.39 is 0 Å². The quantitative estimate of drug-likeness (QED) is 0.854. The van der Waals surface area contributed by atoms with E-state index in [2.05, 4.69) is 34.5 Å². The van der Waals surface area contributed by atoms with Crippen LogP contribution in [0, 0.1) is 0 Å². The topological polar surface area (TPSA) is 50.8 Å². The highest BCUT2D eigenvalue weighted by molar-refractivity contribution is 5.67. The van der Waals surface area contributed by atoms with Crippen LogP contribution in [0.3, 0.4) is 0 Å². The van der Waals surface area contributed by atoms with E-state index in [9.17, 15) is 4.79 Å². The summed E-state index contributed by atoms with van der Waals surface area (Å²) in [6.45, 7) is 3.20. The van der Waals surface area contributed by atoms with Gasteiger partial charge in [-0.05, 0) is 44.9 Å². The third kappa shape index (κ3) is 3.27. The summed E-state index contributed by atoms with van der Waals surface area (Å²) >= 11 is 0. The van der Waals surface area contributed by atoms with Gasteiger partial charge in [-0.1, -0.05) is 18.2 Å². The third-order valence-electron chi connectivity index (χ3n) is 6.05. The lowest BCUT2D eigenvalue weighted by Crippen LogP contribution is -2.60. The maximum atomic E-state index is 11.4. The fourth-order valence-corrected chi connectivity index (χ4v) is 4.61. The molecule has 1 heterocycles. The molecule has 1 aromatic carbocycles. The molecule has 2 aliphatic carbocycles. The summed E-state index contributed by atoms with van der Waals surface area (Å²) in [5, 5.41) is 3.40. The van der Waals surface area contributed by atoms with Crippen LogP contribution >= 0.6 is 0 Å². The lowest BCUT2D eigenvalue weighted by molar-refractivity contribution is -0.166. The zero-order valence-electron chi connectivity index (χ0n) is 15.2. The molecule has 4 rings (SSSR count). The Morgan fingerprint density at radius 1 is 1.24 bits per heavy atom. The summed E-state index contributed by atoms with van der Waals surface area (Å²) < 4.78 is 12.2. The minimum Gasteiger partial charge on any atom is -0.459 e. The van der Waals surface area contributed by atoms with Gasteiger partial charge in [0.2, 0.25) is 0 Å². The van der Waals surface area contributed by atoms with Gasteiger partial charge >= 0.3 is 5.97 Å². The zero-order chi connectivity index (χ0) is 17.5. The first kappa shape index (κ1) is 16.9. The summed E-state index contributed by atoms with van der Waals surface area (Å²) in [6.07, 6.45) is 5.08. The number of nitrogens with one attached hydrogen (secondary N) is 1. The van der Waals surface area contributed by atoms with Crippen molar-refractivity contribution in [1.29, 1.82) is 0 Å². The van der Waals surface area contributed by atoms with E-state index in [1.54, 1.807) is 0 Å². The minimum absolute atomic E-state index is 0.101. The van der Waals surface area contributed by atoms with Gasteiger partial charge in [0.15, 0.2) is 0 Å². The SMILES string of the molecule is CN[C@H]1CC[C@@]2(CC1)CN(c1ccccc1)CC1(CC1OC(C)=O)O2. The van der Waals surface area contributed by atoms with Gasteiger partial charge in [0, 0.05) is 31.6 Å². The summed E-state index contributed by atoms with van der Waals surface area (Å²) in [5.41, 5.74) is 0.775. The average molecular weight is 344 g/mol. The normalized spacial score (nSPS) is 37.3. The standard InChI is InChI=1S/C20H28N2O3/c1-15(23)24-18-12-20(18)14-22(17-6-4-3-5-7-17)13-19(25-20)10-8-16(21-2)9-11-19/h3-7,16,18,21H,8-14H2,1-2H3/t16-,18?,19+,20?. The largest absolute Gasteiger partial charge is 0.459 e. The summed E-state index contributed by atoms with van der Waals surface area (Å²) in [4.78, 5) is 13.9. The molecule has 5 heteroatoms. The van der Waals surface area contributed by atoms with Crippen LogP contribution in [0.25, 0.3) is 0 Å². The van der Waals surface area contributed by atoms with Gasteiger partial charge in [-0.2, -0.15) is 0 Å². The Labute approximate surface area is 149 Å². The second kappa shape index (κ2) is 6.29. The van der Waals surface area contributed by atoms with Crippen LogP contribution in [0.5, 0.6) is 0 Å². The lowest BCUT2D eigenvalue weighted by Gasteiger charge is -2.50. The Hall–Kier alpha value is -1.59. The van der Waals surface area contributed by atoms with Crippen molar-refractivity contribution in [1.82, 2.24) is 5.32 Å². The van der Waals surface area contributed by atoms with Crippen molar-refractivity contribution in [3.8, 4) is 0 Å². The van der Waals surface area contributed by atoms with Crippen molar-refractivity contribution in [2.75, 3.05) is 25.0 Å². The van der Waals surface area contributed by atoms with Gasteiger partial charge in [-0.15, -0.1) is 0 Å². The van der Waals surface area contributed by atoms with Crippen LogP contribution in [0.1, 0.15) is 39.0 Å². The summed E-state index contributed by atoms with van der Waals surface area (Å²) in [5.74, 6) is -0.213. The predicted octanol–water partition coefficient (Wildman–Crippen LogP) is 2.50. The number of rotatable bonds is 3. The summed E-state index contributed by atoms with van der Waals surface area (Å²) in [6, 6.07) is 11.1. The number of morpholine rings is 1. The molecule has 0 aromatic heterocycles. The Balaban J connectivity index is 1.57. The van der Waals surface area contributed by atoms with Gasteiger partial charge in [-0.25, -0.2) is 0 Å². The maximum Gasteiger partial charge on any atom is 0.303 e. The van der Waals surface area contributed by atoms with Gasteiger partial charge in [0.05, 0.1) is 12.1 Å². The van der Waals surface area contributed by atoms with E-state index in [1.807, 2.05) is 13.1 Å². The molecule has 2 unspecified atom stereocenters. The van der Waals surface area contributed by atoms with Crippen molar-refractivity contribution >= 4 is 11.7 Å². The third-order valence-corrected chi connectivity index (χ3v) is 6.05. The Kier molecular flexibility index (Phi) is 4.24. The number of benzene rings is 1. The van der Waals surface area contributed by atoms with E-state index in [0.717, 1.165) is 45.2 Å². The predicted molar refractivity (Wildman–Crippen MR) is 96.7 cm³/mol. The fourth-order valence-electron chi connectivity index (χ4n) is 4.61. The second-order valence-corrected chi connectivity index (χ2v) is 7.91. The van der Waals surface area contributed by atoms with Crippen molar-refractivity contribution in [3.63, 3.8) is 0 Å². The monoisotopic (exact) mass is 344 g/mol. The van der Waals surface area contributed by atoms with Crippen LogP contribution in [0.2, 0.25) is 0 Å². The summed E-state index contributed by atoms with van der Waals surface area (Å²) in [7, 11) is 2.04. The van der Waals surface area contributed by atoms with Crippen molar-refractivity contribution in [3.05, 3.63) is 30.3 Å². The molecule has 3 fully saturated rings. The number of esters is 1. The smallest absolute Gasteiger partial charge is 0.303 e. The van der Waals surface area contributed by atoms with Crippen molar-refractivity contribution in [2.45, 2.75) is 62.4 Å². The Morgan fingerprint density at radius 3 is 2.60 bits per heavy atom. The van der Waals surface area contributed by atoms with Gasteiger partial charge in [0.1, 0.15) is 11.7 Å². The molecular formula is C20H28N2O3. The van der Waals surface area contributed by atoms with Gasteiger partial charge in [-0.3, -0.25) is 4.79 Å².